The molecule has 2 aliphatic heterocycles. The van der Waals surface area contributed by atoms with Gasteiger partial charge in [-0.05, 0) is 202 Å². The molecule has 0 saturated heterocycles. The second-order valence-corrected chi connectivity index (χ2v) is 26.7. The minimum atomic E-state index is 0. The molecule has 4 N–H and O–H groups in total. The Hall–Kier alpha value is -10.9. The molecule has 30 nitrogen and oxygen atoms in total. The first-order valence-corrected chi connectivity index (χ1v) is 39.9. The van der Waals surface area contributed by atoms with E-state index in [-0.39, 0.29) is 63.9 Å². The number of thiazole rings is 2. The van der Waals surface area contributed by atoms with Crippen molar-refractivity contribution in [2.75, 3.05) is 25.5 Å². The van der Waals surface area contributed by atoms with Crippen molar-refractivity contribution >= 4 is 51.9 Å². The number of amidine groups is 1. The third-order valence-electron chi connectivity index (χ3n) is 16.3. The van der Waals surface area contributed by atoms with Gasteiger partial charge >= 0.3 is 0 Å². The van der Waals surface area contributed by atoms with Gasteiger partial charge in [-0.2, -0.15) is 15.3 Å². The monoisotopic (exact) mass is 1720 g/mol. The fourth-order valence-electron chi connectivity index (χ4n) is 8.66. The lowest BCUT2D eigenvalue weighted by molar-refractivity contribution is -0.118. The highest BCUT2D eigenvalue weighted by Gasteiger charge is 2.23. The van der Waals surface area contributed by atoms with Crippen molar-refractivity contribution in [2.45, 2.75) is 265 Å². The lowest BCUT2D eigenvalue weighted by atomic mass is 10.2. The van der Waals surface area contributed by atoms with Crippen LogP contribution in [0.3, 0.4) is 0 Å². The van der Waals surface area contributed by atoms with Gasteiger partial charge in [0.15, 0.2) is 5.96 Å². The number of nitrogens with zero attached hydrogens (tertiary/aromatic N) is 27. The van der Waals surface area contributed by atoms with Crippen LogP contribution in [-0.2, 0) is 60.5 Å². The van der Waals surface area contributed by atoms with Crippen LogP contribution in [0.15, 0.2) is 113 Å². The standard InChI is InChI=1S/C9H12N2.C9H15N.C7H9N3.C7H12N2.C6H10N2O.C6H7N.3C5H9N3.C4H7N3.2C4H5NS.C3H6N4.4C2H6.7CH4/c1-7-6-8-4-3-5-10-9(8)11(7)2;1-6-7(2)9(4)10(5)8(6)3;8-7(9)10-6-4-2-1-3-5-6;1-5-6(2)9(4)7(3)8-5;1-5-7-6(9)3-4-8(5)2;1-6-4-2-3-5-7-6;1-4-6-7-5(2)8(4)3;2*1-4-6-5(2)8(3)7-4;1-4-5-3-7(2)6-4;2*1-4-5-2-3-6-4;1-3-4-5-6-7(3)2;4*1-2;;;;;;;/h3-5,7H,6H2,1-2H3;1-5H3;1-5H,(H4,8,9,10);1-4H3;3-4H2,1-2H3;2-5H,1H3;3*1-3H3;3H,1-2H3;2*2-3H,1H3;1-2H3;4*1-2H3;7*1H4. The highest BCUT2D eigenvalue weighted by molar-refractivity contribution is 7.09. The topological polar surface area (TPSA) is 341 Å². The van der Waals surface area contributed by atoms with Gasteiger partial charge in [0.05, 0.1) is 21.4 Å². The number of para-hydroxylation sites is 1. The average Bonchev–Trinajstić information content (AvgIpc) is 1.70. The van der Waals surface area contributed by atoms with Crippen LogP contribution in [0.25, 0.3) is 0 Å². The number of guanidine groups is 1. The lowest BCUT2D eigenvalue weighted by Gasteiger charge is -2.20. The van der Waals surface area contributed by atoms with Gasteiger partial charge in [0, 0.05) is 141 Å². The van der Waals surface area contributed by atoms with Crippen molar-refractivity contribution in [3.05, 3.63) is 210 Å². The molecule has 1 atom stereocenters. The Bertz CT molecular complexity index is 4210. The molecular weight excluding hydrogens is 1560 g/mol. The van der Waals surface area contributed by atoms with Gasteiger partial charge in [-0.15, -0.1) is 38.0 Å². The molecule has 121 heavy (non-hydrogen) atoms. The van der Waals surface area contributed by atoms with Crippen LogP contribution in [0.5, 0.6) is 0 Å². The van der Waals surface area contributed by atoms with E-state index in [1.165, 1.54) is 33.8 Å². The number of aromatic nitrogens is 23. The number of pyridine rings is 2. The first kappa shape index (κ1) is 131. The van der Waals surface area contributed by atoms with Crippen molar-refractivity contribution < 1.29 is 4.79 Å². The Kier molecular flexibility index (Phi) is 80.2. The van der Waals surface area contributed by atoms with E-state index in [1.807, 2.05) is 276 Å². The molecule has 11 aromatic heterocycles. The summed E-state index contributed by atoms with van der Waals surface area (Å²) in [5.74, 6) is 10.3. The zero-order chi connectivity index (χ0) is 87.9. The molecule has 0 fully saturated rings. The Morgan fingerprint density at radius 3 is 1.13 bits per heavy atom. The Labute approximate surface area is 741 Å². The maximum atomic E-state index is 10.6. The number of hydrogen-bond acceptors (Lipinski definition) is 22. The molecule has 0 radical (unpaired) electrons. The Balaban J connectivity index is -0.000000137. The number of aryl methyl sites for hydroxylation is 17. The van der Waals surface area contributed by atoms with E-state index in [0.717, 1.165) is 104 Å². The predicted molar refractivity (Wildman–Crippen MR) is 521 cm³/mol. The molecule has 1 unspecified atom stereocenters. The van der Waals surface area contributed by atoms with E-state index in [1.54, 1.807) is 73.4 Å². The van der Waals surface area contributed by atoms with Gasteiger partial charge in [-0.25, -0.2) is 39.6 Å². The zero-order valence-corrected chi connectivity index (χ0v) is 77.6. The molecule has 686 valence electrons. The highest BCUT2D eigenvalue weighted by Crippen LogP contribution is 2.27. The number of anilines is 1. The van der Waals surface area contributed by atoms with Gasteiger partial charge < -0.3 is 35.0 Å². The number of fused-ring (bicyclic) bond motifs is 1. The number of carbonyl (C=O) groups excluding carboxylic acids is 1. The van der Waals surface area contributed by atoms with Crippen LogP contribution in [0.4, 0.5) is 11.5 Å². The van der Waals surface area contributed by atoms with Crippen molar-refractivity contribution in [3.63, 3.8) is 0 Å². The van der Waals surface area contributed by atoms with E-state index >= 15 is 0 Å². The van der Waals surface area contributed by atoms with Gasteiger partial charge in [0.1, 0.15) is 70.4 Å². The minimum Gasteiger partial charge on any atom is -0.370 e. The molecule has 13 heterocycles. The number of nitrogens with two attached hydrogens (primary N) is 2. The molecule has 14 rings (SSSR count). The molecule has 0 saturated carbocycles. The van der Waals surface area contributed by atoms with Gasteiger partial charge in [0.2, 0.25) is 5.91 Å². The number of aliphatic imine (C=N–C) groups is 2. The number of imidazole rings is 1. The van der Waals surface area contributed by atoms with Gasteiger partial charge in [0.25, 0.3) is 0 Å². The van der Waals surface area contributed by atoms with E-state index < -0.39 is 0 Å². The molecule has 1 aromatic carbocycles. The first-order chi connectivity index (χ1) is 53.8. The molecular formula is C89H167N29OS2. The lowest BCUT2D eigenvalue weighted by Crippen LogP contribution is -2.31. The summed E-state index contributed by atoms with van der Waals surface area (Å²) in [4.78, 5) is 54.8. The fourth-order valence-corrected chi connectivity index (χ4v) is 9.54. The third kappa shape index (κ3) is 54.8. The van der Waals surface area contributed by atoms with Crippen molar-refractivity contribution in [1.29, 1.82) is 0 Å². The number of carbonyl (C=O) groups is 1. The molecule has 0 aliphatic carbocycles. The number of likely N-dealkylation sites (N-methyl/N-ethyl adjacent to an activating group) is 1. The summed E-state index contributed by atoms with van der Waals surface area (Å²) in [6.45, 7) is 56.8. The summed E-state index contributed by atoms with van der Waals surface area (Å²) in [5.41, 5.74) is 21.6. The number of hydrogen-bond donors (Lipinski definition) is 2. The Morgan fingerprint density at radius 2 is 0.917 bits per heavy atom. The van der Waals surface area contributed by atoms with E-state index in [0.29, 0.717) is 12.5 Å². The summed E-state index contributed by atoms with van der Waals surface area (Å²) in [7, 11) is 17.6. The summed E-state index contributed by atoms with van der Waals surface area (Å²) in [6.07, 6.45) is 10.6. The van der Waals surface area contributed by atoms with E-state index in [4.69, 9.17) is 11.5 Å². The number of amides is 1. The predicted octanol–water partition coefficient (Wildman–Crippen LogP) is 19.7. The van der Waals surface area contributed by atoms with E-state index in [2.05, 4.69) is 167 Å². The van der Waals surface area contributed by atoms with Crippen LogP contribution in [-0.4, -0.2) is 163 Å². The summed E-state index contributed by atoms with van der Waals surface area (Å²) in [6, 6.07) is 20.0. The smallest absolute Gasteiger partial charge is 0.249 e. The molecule has 0 spiro atoms. The second kappa shape index (κ2) is 74.2. The van der Waals surface area contributed by atoms with Gasteiger partial charge in [-0.1, -0.05) is 138 Å². The van der Waals surface area contributed by atoms with Crippen LogP contribution in [0.1, 0.15) is 235 Å². The quantitative estimate of drug-likeness (QED) is 0.114. The van der Waals surface area contributed by atoms with Crippen molar-refractivity contribution in [1.82, 2.24) is 118 Å². The minimum absolute atomic E-state index is 0. The maximum absolute atomic E-state index is 10.6. The third-order valence-corrected chi connectivity index (χ3v) is 17.8. The summed E-state index contributed by atoms with van der Waals surface area (Å²) < 4.78 is 13.1. The van der Waals surface area contributed by atoms with Crippen LogP contribution < -0.4 is 16.4 Å². The number of rotatable bonds is 1. The Morgan fingerprint density at radius 1 is 0.455 bits per heavy atom. The molecule has 0 bridgehead atoms. The number of tetrazole rings is 1. The largest absolute Gasteiger partial charge is 0.370 e. The highest BCUT2D eigenvalue weighted by atomic mass is 32.1. The molecule has 12 aromatic rings. The first-order valence-electron chi connectivity index (χ1n) is 38.1. The van der Waals surface area contributed by atoms with Crippen molar-refractivity contribution in [3.8, 4) is 0 Å². The SMILES string of the molecule is C.C.C.C.C.C.C.CC.CC.CC.CC.CC1=NC(=O)CCN1C.CC1Cc2cccnc2N1C.Cc1c(C)c(C)n(C)c1C.Cc1ccccn1.Cc1nc(C)n(C)c1C.Cc1nc(C)n(C)n1.Cc1nc(C)n(C)n1.Cc1nccs1.Cc1nccs1.Cc1ncn(C)n1.Cc1nnc(C)n1C.Cc1nnnn1C.NC(N)=Nc1ccccc1. The average molecular weight is 1720 g/mol. The zero-order valence-electron chi connectivity index (χ0n) is 76.0. The maximum Gasteiger partial charge on any atom is 0.249 e. The van der Waals surface area contributed by atoms with Crippen LogP contribution in [0.2, 0.25) is 0 Å². The van der Waals surface area contributed by atoms with E-state index in [9.17, 15) is 4.79 Å². The molecule has 1 amide bonds. The van der Waals surface area contributed by atoms with Crippen LogP contribution >= 0.6 is 22.7 Å². The normalized spacial score (nSPS) is 10.5. The van der Waals surface area contributed by atoms with Crippen LogP contribution in [0, 0.1) is 125 Å². The second-order valence-electron chi connectivity index (χ2n) is 24.5. The van der Waals surface area contributed by atoms with Gasteiger partial charge in [-0.3, -0.25) is 33.8 Å². The summed E-state index contributed by atoms with van der Waals surface area (Å²) >= 11 is 3.33. The van der Waals surface area contributed by atoms with Crippen molar-refractivity contribution in [2.24, 2.45) is 70.8 Å². The fraction of sp³-hybridized carbons (Fsp3) is 0.539. The number of benzene rings is 1. The summed E-state index contributed by atoms with van der Waals surface area (Å²) in [5, 5.41) is 36.4. The molecule has 2 aliphatic rings. The molecule has 32 heteroatoms.